The molecular formula is C28H27N3O2. The Kier molecular flexibility index (Phi) is 4.92. The minimum Gasteiger partial charge on any atom is -0.456 e. The van der Waals surface area contributed by atoms with Gasteiger partial charge >= 0.3 is 0 Å². The van der Waals surface area contributed by atoms with E-state index in [0.717, 1.165) is 60.5 Å². The van der Waals surface area contributed by atoms with Crippen LogP contribution in [0, 0.1) is 0 Å². The molecule has 1 aromatic heterocycles. The summed E-state index contributed by atoms with van der Waals surface area (Å²) in [5.74, 6) is 1.07. The first-order chi connectivity index (χ1) is 16.2. The zero-order valence-corrected chi connectivity index (χ0v) is 18.5. The van der Waals surface area contributed by atoms with Gasteiger partial charge < -0.3 is 14.6 Å². The SMILES string of the molecule is O=C1NCN(c2ccccc2)C12CCN(Cc1ccccc1-c1cc3ccccc3o1)CC2. The Morgan fingerprint density at radius 3 is 2.42 bits per heavy atom. The molecule has 0 bridgehead atoms. The van der Waals surface area contributed by atoms with Crippen LogP contribution in [-0.2, 0) is 11.3 Å². The summed E-state index contributed by atoms with van der Waals surface area (Å²) in [6, 6.07) is 29.0. The van der Waals surface area contributed by atoms with Crippen LogP contribution < -0.4 is 10.2 Å². The molecule has 0 saturated carbocycles. The van der Waals surface area contributed by atoms with Crippen LogP contribution in [0.5, 0.6) is 0 Å². The van der Waals surface area contributed by atoms with E-state index in [0.29, 0.717) is 6.67 Å². The van der Waals surface area contributed by atoms with E-state index in [4.69, 9.17) is 4.42 Å². The zero-order valence-electron chi connectivity index (χ0n) is 18.5. The van der Waals surface area contributed by atoms with Gasteiger partial charge in [-0.25, -0.2) is 0 Å². The standard InChI is InChI=1S/C28H27N3O2/c32-27-28(31(20-29-27)23-10-2-1-3-11-23)14-16-30(17-15-28)19-22-9-4-6-12-24(22)26-18-21-8-5-7-13-25(21)33-26/h1-13,18H,14-17,19-20H2,(H,29,32). The van der Waals surface area contributed by atoms with Gasteiger partial charge in [-0.15, -0.1) is 0 Å². The molecular weight excluding hydrogens is 410 g/mol. The summed E-state index contributed by atoms with van der Waals surface area (Å²) in [5.41, 5.74) is 3.97. The summed E-state index contributed by atoms with van der Waals surface area (Å²) in [7, 11) is 0. The summed E-state index contributed by atoms with van der Waals surface area (Å²) < 4.78 is 6.16. The Morgan fingerprint density at radius 2 is 1.61 bits per heavy atom. The van der Waals surface area contributed by atoms with E-state index in [1.54, 1.807) is 0 Å². The van der Waals surface area contributed by atoms with E-state index < -0.39 is 5.54 Å². The highest BCUT2D eigenvalue weighted by atomic mass is 16.3. The third kappa shape index (κ3) is 3.49. The molecule has 3 aromatic carbocycles. The van der Waals surface area contributed by atoms with Crippen molar-refractivity contribution in [2.24, 2.45) is 0 Å². The summed E-state index contributed by atoms with van der Waals surface area (Å²) in [4.78, 5) is 17.7. The van der Waals surface area contributed by atoms with E-state index in [1.807, 2.05) is 36.4 Å². The van der Waals surface area contributed by atoms with E-state index in [2.05, 4.69) is 63.6 Å². The van der Waals surface area contributed by atoms with Gasteiger partial charge in [0.15, 0.2) is 0 Å². The van der Waals surface area contributed by atoms with E-state index in [9.17, 15) is 4.79 Å². The Balaban J connectivity index is 1.22. The number of fused-ring (bicyclic) bond motifs is 1. The highest BCUT2D eigenvalue weighted by Crippen LogP contribution is 2.37. The quantitative estimate of drug-likeness (QED) is 0.487. The molecule has 33 heavy (non-hydrogen) atoms. The number of piperidine rings is 1. The largest absolute Gasteiger partial charge is 0.456 e. The lowest BCUT2D eigenvalue weighted by molar-refractivity contribution is -0.125. The van der Waals surface area contributed by atoms with Gasteiger partial charge in [-0.1, -0.05) is 60.7 Å². The van der Waals surface area contributed by atoms with Gasteiger partial charge in [0.25, 0.3) is 0 Å². The Morgan fingerprint density at radius 1 is 0.879 bits per heavy atom. The normalized spacial score (nSPS) is 18.2. The van der Waals surface area contributed by atoms with Crippen LogP contribution in [0.15, 0.2) is 89.3 Å². The van der Waals surface area contributed by atoms with E-state index in [-0.39, 0.29) is 5.91 Å². The molecule has 2 aliphatic heterocycles. The molecule has 2 saturated heterocycles. The third-order valence-corrected chi connectivity index (χ3v) is 7.19. The molecule has 0 atom stereocenters. The maximum atomic E-state index is 12.9. The topological polar surface area (TPSA) is 48.7 Å². The van der Waals surface area contributed by atoms with Crippen molar-refractivity contribution in [1.29, 1.82) is 0 Å². The Labute approximate surface area is 193 Å². The first kappa shape index (κ1) is 20.1. The van der Waals surface area contributed by atoms with E-state index >= 15 is 0 Å². The molecule has 2 fully saturated rings. The van der Waals surface area contributed by atoms with Crippen molar-refractivity contribution < 1.29 is 9.21 Å². The first-order valence-electron chi connectivity index (χ1n) is 11.6. The van der Waals surface area contributed by atoms with Crippen molar-refractivity contribution in [3.8, 4) is 11.3 Å². The van der Waals surface area contributed by atoms with Gasteiger partial charge in [-0.2, -0.15) is 0 Å². The molecule has 166 valence electrons. The van der Waals surface area contributed by atoms with Crippen LogP contribution in [0.4, 0.5) is 5.69 Å². The molecule has 0 radical (unpaired) electrons. The molecule has 1 amide bonds. The lowest BCUT2D eigenvalue weighted by Crippen LogP contribution is -2.56. The van der Waals surface area contributed by atoms with Gasteiger partial charge in [-0.3, -0.25) is 9.69 Å². The second kappa shape index (κ2) is 8.09. The van der Waals surface area contributed by atoms with Crippen LogP contribution in [0.3, 0.4) is 0 Å². The average Bonchev–Trinajstić information content (AvgIpc) is 3.43. The number of para-hydroxylation sites is 2. The molecule has 1 N–H and O–H groups in total. The predicted molar refractivity (Wildman–Crippen MR) is 131 cm³/mol. The number of hydrogen-bond acceptors (Lipinski definition) is 4. The number of carbonyl (C=O) groups is 1. The molecule has 0 unspecified atom stereocenters. The van der Waals surface area contributed by atoms with Crippen molar-refractivity contribution in [2.45, 2.75) is 24.9 Å². The average molecular weight is 438 g/mol. The highest BCUT2D eigenvalue weighted by Gasteiger charge is 2.50. The van der Waals surface area contributed by atoms with Crippen LogP contribution in [0.2, 0.25) is 0 Å². The number of carbonyl (C=O) groups excluding carboxylic acids is 1. The number of furan rings is 1. The van der Waals surface area contributed by atoms with Crippen molar-refractivity contribution >= 4 is 22.6 Å². The minimum atomic E-state index is -0.448. The van der Waals surface area contributed by atoms with Crippen LogP contribution in [0.1, 0.15) is 18.4 Å². The molecule has 0 aliphatic carbocycles. The van der Waals surface area contributed by atoms with Crippen molar-refractivity contribution in [3.63, 3.8) is 0 Å². The van der Waals surface area contributed by atoms with Gasteiger partial charge in [0.05, 0.1) is 6.67 Å². The molecule has 6 rings (SSSR count). The van der Waals surface area contributed by atoms with Crippen molar-refractivity contribution in [3.05, 3.63) is 90.5 Å². The molecule has 1 spiro atoms. The summed E-state index contributed by atoms with van der Waals surface area (Å²) in [6.45, 7) is 3.18. The molecule has 4 aromatic rings. The van der Waals surface area contributed by atoms with Crippen LogP contribution in [-0.4, -0.2) is 36.1 Å². The van der Waals surface area contributed by atoms with Gasteiger partial charge in [0.2, 0.25) is 5.91 Å². The minimum absolute atomic E-state index is 0.161. The van der Waals surface area contributed by atoms with Crippen molar-refractivity contribution in [2.75, 3.05) is 24.7 Å². The summed E-state index contributed by atoms with van der Waals surface area (Å²) >= 11 is 0. The Bertz CT molecular complexity index is 1260. The maximum absolute atomic E-state index is 12.9. The number of benzene rings is 3. The highest BCUT2D eigenvalue weighted by molar-refractivity contribution is 5.93. The fourth-order valence-electron chi connectivity index (χ4n) is 5.37. The monoisotopic (exact) mass is 437 g/mol. The van der Waals surface area contributed by atoms with Crippen LogP contribution >= 0.6 is 0 Å². The number of hydrogen-bond donors (Lipinski definition) is 1. The number of nitrogens with one attached hydrogen (secondary N) is 1. The second-order valence-corrected chi connectivity index (χ2v) is 9.04. The van der Waals surface area contributed by atoms with E-state index in [1.165, 1.54) is 5.56 Å². The number of rotatable bonds is 4. The fraction of sp³-hybridized carbons (Fsp3) is 0.250. The lowest BCUT2D eigenvalue weighted by Gasteiger charge is -2.43. The number of anilines is 1. The number of nitrogens with zero attached hydrogens (tertiary/aromatic N) is 2. The lowest BCUT2D eigenvalue weighted by atomic mass is 9.85. The smallest absolute Gasteiger partial charge is 0.247 e. The molecule has 3 heterocycles. The van der Waals surface area contributed by atoms with Crippen molar-refractivity contribution in [1.82, 2.24) is 10.2 Å². The van der Waals surface area contributed by atoms with Crippen LogP contribution in [0.25, 0.3) is 22.3 Å². The predicted octanol–water partition coefficient (Wildman–Crippen LogP) is 5.03. The van der Waals surface area contributed by atoms with Gasteiger partial charge in [-0.05, 0) is 42.7 Å². The molecule has 2 aliphatic rings. The van der Waals surface area contributed by atoms with Gasteiger partial charge in [0, 0.05) is 36.3 Å². The zero-order chi connectivity index (χ0) is 22.3. The Hall–Kier alpha value is -3.57. The summed E-state index contributed by atoms with van der Waals surface area (Å²) in [5, 5.41) is 4.21. The third-order valence-electron chi connectivity index (χ3n) is 7.19. The maximum Gasteiger partial charge on any atom is 0.247 e. The summed E-state index contributed by atoms with van der Waals surface area (Å²) in [6.07, 6.45) is 1.64. The second-order valence-electron chi connectivity index (χ2n) is 9.04. The first-order valence-corrected chi connectivity index (χ1v) is 11.6. The fourth-order valence-corrected chi connectivity index (χ4v) is 5.37. The molecule has 5 heteroatoms. The number of likely N-dealkylation sites (tertiary alicyclic amines) is 1. The molecule has 5 nitrogen and oxygen atoms in total. The number of amides is 1. The van der Waals surface area contributed by atoms with Gasteiger partial charge in [0.1, 0.15) is 16.9 Å².